The lowest BCUT2D eigenvalue weighted by Gasteiger charge is -2.45. The highest BCUT2D eigenvalue weighted by atomic mass is 16.5. The highest BCUT2D eigenvalue weighted by Gasteiger charge is 2.43. The van der Waals surface area contributed by atoms with Crippen molar-refractivity contribution in [2.24, 2.45) is 0 Å². The molecule has 3 heterocycles. The van der Waals surface area contributed by atoms with Crippen molar-refractivity contribution in [3.8, 4) is 11.5 Å². The molecule has 5 heteroatoms. The van der Waals surface area contributed by atoms with Gasteiger partial charge in [-0.3, -0.25) is 9.69 Å². The lowest BCUT2D eigenvalue weighted by molar-refractivity contribution is 0.0772. The van der Waals surface area contributed by atoms with Crippen molar-refractivity contribution in [2.75, 3.05) is 24.5 Å². The van der Waals surface area contributed by atoms with Gasteiger partial charge in [-0.2, -0.15) is 0 Å². The van der Waals surface area contributed by atoms with Crippen LogP contribution in [-0.2, 0) is 0 Å². The summed E-state index contributed by atoms with van der Waals surface area (Å²) in [6.07, 6.45) is 7.25. The van der Waals surface area contributed by atoms with E-state index in [0.29, 0.717) is 36.8 Å². The van der Waals surface area contributed by atoms with E-state index in [1.54, 1.807) is 0 Å². The van der Waals surface area contributed by atoms with E-state index in [1.807, 2.05) is 43.0 Å². The maximum atomic E-state index is 13.0. The summed E-state index contributed by atoms with van der Waals surface area (Å²) in [5.74, 6) is 1.73. The van der Waals surface area contributed by atoms with Gasteiger partial charge < -0.3 is 14.5 Å². The van der Waals surface area contributed by atoms with Crippen LogP contribution in [0.15, 0.2) is 54.1 Å². The number of rotatable bonds is 6. The van der Waals surface area contributed by atoms with E-state index in [2.05, 4.69) is 47.9 Å². The maximum Gasteiger partial charge on any atom is 0.253 e. The molecule has 2 fully saturated rings. The first-order chi connectivity index (χ1) is 16.5. The highest BCUT2D eigenvalue weighted by molar-refractivity contribution is 5.96. The normalized spacial score (nSPS) is 23.1. The Morgan fingerprint density at radius 2 is 1.65 bits per heavy atom. The Bertz CT molecular complexity index is 1070. The molecule has 0 saturated carbocycles. The number of ether oxygens (including phenoxy) is 1. The van der Waals surface area contributed by atoms with Crippen LogP contribution in [0.3, 0.4) is 0 Å². The first-order valence-electron chi connectivity index (χ1n) is 12.9. The van der Waals surface area contributed by atoms with E-state index in [4.69, 9.17) is 4.74 Å². The molecule has 0 radical (unpaired) electrons. The van der Waals surface area contributed by atoms with Gasteiger partial charge in [0.15, 0.2) is 11.5 Å². The van der Waals surface area contributed by atoms with Crippen molar-refractivity contribution in [2.45, 2.75) is 71.5 Å². The molecule has 180 valence electrons. The Labute approximate surface area is 204 Å². The number of nitrogens with zero attached hydrogens (tertiary/aromatic N) is 3. The van der Waals surface area contributed by atoms with E-state index in [1.165, 1.54) is 18.4 Å². The predicted molar refractivity (Wildman–Crippen MR) is 138 cm³/mol. The van der Waals surface area contributed by atoms with Crippen LogP contribution < -0.4 is 9.64 Å². The van der Waals surface area contributed by atoms with Crippen molar-refractivity contribution in [1.82, 2.24) is 9.80 Å². The molecule has 0 unspecified atom stereocenters. The number of hydrogen-bond acceptors (Lipinski definition) is 4. The molecular weight excluding hydrogens is 422 g/mol. The van der Waals surface area contributed by atoms with E-state index in [-0.39, 0.29) is 5.91 Å². The van der Waals surface area contributed by atoms with Crippen LogP contribution in [0.2, 0.25) is 0 Å². The summed E-state index contributed by atoms with van der Waals surface area (Å²) in [5, 5.41) is 0. The van der Waals surface area contributed by atoms with Crippen LogP contribution >= 0.6 is 0 Å². The molecule has 2 saturated heterocycles. The van der Waals surface area contributed by atoms with Gasteiger partial charge in [-0.15, -0.1) is 0 Å². The van der Waals surface area contributed by atoms with Crippen molar-refractivity contribution < 1.29 is 9.53 Å². The van der Waals surface area contributed by atoms with Gasteiger partial charge in [-0.05, 0) is 83.7 Å². The average molecular weight is 460 g/mol. The number of fused-ring (bicyclic) bond motifs is 4. The second kappa shape index (κ2) is 9.46. The third-order valence-electron chi connectivity index (χ3n) is 7.80. The summed E-state index contributed by atoms with van der Waals surface area (Å²) in [6, 6.07) is 16.0. The summed E-state index contributed by atoms with van der Waals surface area (Å²) in [7, 11) is 0. The number of benzene rings is 2. The summed E-state index contributed by atoms with van der Waals surface area (Å²) in [5.41, 5.74) is 4.31. The van der Waals surface area contributed by atoms with Crippen LogP contribution in [0.25, 0.3) is 0 Å². The van der Waals surface area contributed by atoms with Crippen molar-refractivity contribution >= 4 is 17.3 Å². The second-order valence-corrected chi connectivity index (χ2v) is 10.1. The molecule has 3 atom stereocenters. The molecule has 0 aromatic heterocycles. The maximum absolute atomic E-state index is 13.0. The van der Waals surface area contributed by atoms with E-state index in [9.17, 15) is 4.79 Å². The Hall–Kier alpha value is -2.79. The van der Waals surface area contributed by atoms with Crippen LogP contribution in [0.5, 0.6) is 11.5 Å². The SMILES string of the molecule is CCN(CC)C(=O)c1ccc2c(c1)Oc1ccccc1N2[C@@H]1C[C@H]2CC[C@@H](C1)N2CC=C(C)C. The van der Waals surface area contributed by atoms with Gasteiger partial charge in [0.1, 0.15) is 0 Å². The number of amides is 1. The molecule has 3 aliphatic rings. The minimum atomic E-state index is 0.0624. The van der Waals surface area contributed by atoms with Crippen molar-refractivity contribution in [3.05, 3.63) is 59.7 Å². The number of piperidine rings is 1. The van der Waals surface area contributed by atoms with Crippen LogP contribution in [-0.4, -0.2) is 53.5 Å². The molecule has 0 N–H and O–H groups in total. The third-order valence-corrected chi connectivity index (χ3v) is 7.80. The third kappa shape index (κ3) is 4.11. The van der Waals surface area contributed by atoms with Crippen LogP contribution in [0.1, 0.15) is 63.7 Å². The highest BCUT2D eigenvalue weighted by Crippen LogP contribution is 2.51. The second-order valence-electron chi connectivity index (χ2n) is 10.1. The quantitative estimate of drug-likeness (QED) is 0.470. The monoisotopic (exact) mass is 459 g/mol. The fourth-order valence-electron chi connectivity index (χ4n) is 6.05. The molecule has 2 bridgehead atoms. The van der Waals surface area contributed by atoms with Gasteiger partial charge in [0, 0.05) is 43.3 Å². The Balaban J connectivity index is 1.47. The van der Waals surface area contributed by atoms with Crippen LogP contribution in [0, 0.1) is 0 Å². The largest absolute Gasteiger partial charge is 0.453 e. The Kier molecular flexibility index (Phi) is 6.39. The fourth-order valence-corrected chi connectivity index (χ4v) is 6.05. The summed E-state index contributed by atoms with van der Waals surface area (Å²) in [4.78, 5) is 20.1. The first-order valence-corrected chi connectivity index (χ1v) is 12.9. The summed E-state index contributed by atoms with van der Waals surface area (Å²) in [6.45, 7) is 10.9. The average Bonchev–Trinajstić information content (AvgIpc) is 3.08. The molecule has 0 aliphatic carbocycles. The zero-order valence-corrected chi connectivity index (χ0v) is 21.0. The lowest BCUT2D eigenvalue weighted by atomic mass is 9.93. The van der Waals surface area contributed by atoms with Gasteiger partial charge in [0.2, 0.25) is 0 Å². The number of carbonyl (C=O) groups is 1. The Morgan fingerprint density at radius 1 is 0.971 bits per heavy atom. The van der Waals surface area contributed by atoms with E-state index < -0.39 is 0 Å². The zero-order valence-electron chi connectivity index (χ0n) is 21.0. The molecule has 2 aromatic rings. The van der Waals surface area contributed by atoms with Crippen LogP contribution in [0.4, 0.5) is 11.4 Å². The number of allylic oxidation sites excluding steroid dienone is 1. The standard InChI is InChI=1S/C29H37N3O2/c1-5-30(6-2)29(33)21-11-14-26-28(17-21)34-27-10-8-7-9-25(27)32(26)24-18-22-12-13-23(19-24)31(22)16-15-20(3)4/h7-11,14-15,17,22-24H,5-6,12-13,16,18-19H2,1-4H3/t22-,23+,24-. The molecule has 3 aliphatic heterocycles. The Morgan fingerprint density at radius 3 is 2.32 bits per heavy atom. The molecule has 34 heavy (non-hydrogen) atoms. The zero-order chi connectivity index (χ0) is 23.8. The van der Waals surface area contributed by atoms with Gasteiger partial charge in [0.25, 0.3) is 5.91 Å². The van der Waals surface area contributed by atoms with Gasteiger partial charge >= 0.3 is 0 Å². The topological polar surface area (TPSA) is 36.0 Å². The first kappa shape index (κ1) is 23.0. The molecule has 2 aromatic carbocycles. The number of para-hydroxylation sites is 2. The van der Waals surface area contributed by atoms with Gasteiger partial charge in [-0.25, -0.2) is 0 Å². The molecule has 1 amide bonds. The number of hydrogen-bond donors (Lipinski definition) is 0. The number of anilines is 2. The minimum Gasteiger partial charge on any atom is -0.453 e. The minimum absolute atomic E-state index is 0.0624. The van der Waals surface area contributed by atoms with Crippen molar-refractivity contribution in [1.29, 1.82) is 0 Å². The molecule has 5 rings (SSSR count). The smallest absolute Gasteiger partial charge is 0.253 e. The van der Waals surface area contributed by atoms with E-state index >= 15 is 0 Å². The summed E-state index contributed by atoms with van der Waals surface area (Å²) < 4.78 is 6.36. The lowest BCUT2D eigenvalue weighted by Crippen LogP contribution is -2.49. The molecule has 5 nitrogen and oxygen atoms in total. The van der Waals surface area contributed by atoms with Gasteiger partial charge in [-0.1, -0.05) is 23.8 Å². The van der Waals surface area contributed by atoms with E-state index in [0.717, 1.165) is 42.3 Å². The number of carbonyl (C=O) groups excluding carboxylic acids is 1. The predicted octanol–water partition coefficient (Wildman–Crippen LogP) is 6.37. The molecule has 0 spiro atoms. The van der Waals surface area contributed by atoms with Gasteiger partial charge in [0.05, 0.1) is 11.4 Å². The molecular formula is C29H37N3O2. The fraction of sp³-hybridized carbons (Fsp3) is 0.483. The van der Waals surface area contributed by atoms with Crippen molar-refractivity contribution in [3.63, 3.8) is 0 Å². The summed E-state index contributed by atoms with van der Waals surface area (Å²) >= 11 is 0.